The number of fused-ring (bicyclic) bond motifs is 17. The minimum Gasteiger partial charge on any atom is -0.310 e. The Morgan fingerprint density at radius 2 is 0.906 bits per heavy atom. The number of para-hydroxylation sites is 1. The van der Waals surface area contributed by atoms with Crippen molar-refractivity contribution in [3.63, 3.8) is 0 Å². The Labute approximate surface area is 311 Å². The van der Waals surface area contributed by atoms with Crippen molar-refractivity contribution in [3.05, 3.63) is 210 Å². The van der Waals surface area contributed by atoms with Crippen LogP contribution in [-0.2, 0) is 5.41 Å². The fourth-order valence-corrected chi connectivity index (χ4v) is 10.8. The van der Waals surface area contributed by atoms with Crippen LogP contribution in [0.3, 0.4) is 0 Å². The zero-order valence-corrected chi connectivity index (χ0v) is 29.6. The Morgan fingerprint density at radius 1 is 0.340 bits per heavy atom. The Bertz CT molecular complexity index is 3090. The lowest BCUT2D eigenvalue weighted by Gasteiger charge is -2.32. The summed E-state index contributed by atoms with van der Waals surface area (Å²) in [7, 11) is 0. The molecule has 10 aromatic rings. The molecule has 53 heavy (non-hydrogen) atoms. The van der Waals surface area contributed by atoms with E-state index in [9.17, 15) is 0 Å². The molecular formula is C51H31NS. The molecule has 1 spiro atoms. The molecule has 246 valence electrons. The van der Waals surface area contributed by atoms with E-state index in [2.05, 4.69) is 193 Å². The molecule has 0 N–H and O–H groups in total. The number of hydrogen-bond donors (Lipinski definition) is 0. The van der Waals surface area contributed by atoms with Crippen molar-refractivity contribution < 1.29 is 0 Å². The maximum absolute atomic E-state index is 2.41. The van der Waals surface area contributed by atoms with Gasteiger partial charge in [0, 0.05) is 37.2 Å². The molecule has 0 aliphatic heterocycles. The average molecular weight is 690 g/mol. The summed E-state index contributed by atoms with van der Waals surface area (Å²) in [4.78, 5) is 2.41. The molecule has 2 aliphatic rings. The summed E-state index contributed by atoms with van der Waals surface area (Å²) in [6.45, 7) is 0. The number of anilines is 3. The first-order chi connectivity index (χ1) is 26.3. The van der Waals surface area contributed by atoms with Crippen molar-refractivity contribution in [2.24, 2.45) is 0 Å². The summed E-state index contributed by atoms with van der Waals surface area (Å²) in [5.74, 6) is 0. The van der Waals surface area contributed by atoms with Gasteiger partial charge in [-0.15, -0.1) is 11.3 Å². The van der Waals surface area contributed by atoms with Gasteiger partial charge in [0.25, 0.3) is 0 Å². The maximum atomic E-state index is 2.41. The van der Waals surface area contributed by atoms with Crippen LogP contribution in [-0.4, -0.2) is 0 Å². The van der Waals surface area contributed by atoms with Gasteiger partial charge in [-0.3, -0.25) is 0 Å². The van der Waals surface area contributed by atoms with Crippen molar-refractivity contribution in [1.82, 2.24) is 0 Å². The summed E-state index contributed by atoms with van der Waals surface area (Å²) in [5, 5.41) is 7.75. The first-order valence-electron chi connectivity index (χ1n) is 18.3. The van der Waals surface area contributed by atoms with E-state index in [4.69, 9.17) is 0 Å². The number of benzene rings is 9. The van der Waals surface area contributed by atoms with Crippen molar-refractivity contribution in [2.75, 3.05) is 4.90 Å². The second-order valence-electron chi connectivity index (χ2n) is 14.4. The van der Waals surface area contributed by atoms with Crippen molar-refractivity contribution in [2.45, 2.75) is 5.41 Å². The molecule has 9 aromatic carbocycles. The molecule has 1 heterocycles. The number of thiophene rings is 1. The topological polar surface area (TPSA) is 3.24 Å². The number of hydrogen-bond acceptors (Lipinski definition) is 2. The number of nitrogens with zero attached hydrogens (tertiary/aromatic N) is 1. The van der Waals surface area contributed by atoms with Gasteiger partial charge < -0.3 is 4.90 Å². The molecule has 0 radical (unpaired) electrons. The fourth-order valence-electron chi connectivity index (χ4n) is 9.76. The third kappa shape index (κ3) is 3.86. The smallest absolute Gasteiger partial charge is 0.0737 e. The van der Waals surface area contributed by atoms with E-state index in [-0.39, 0.29) is 0 Å². The van der Waals surface area contributed by atoms with Crippen LogP contribution in [0.25, 0.3) is 64.0 Å². The van der Waals surface area contributed by atoms with Crippen LogP contribution in [0.5, 0.6) is 0 Å². The highest BCUT2D eigenvalue weighted by Crippen LogP contribution is 2.65. The monoisotopic (exact) mass is 689 g/mol. The molecule has 12 rings (SSSR count). The molecule has 2 aliphatic carbocycles. The van der Waals surface area contributed by atoms with Gasteiger partial charge in [0.1, 0.15) is 0 Å². The lowest BCUT2D eigenvalue weighted by atomic mass is 9.68. The molecule has 1 nitrogen and oxygen atoms in total. The van der Waals surface area contributed by atoms with Crippen LogP contribution >= 0.6 is 11.3 Å². The van der Waals surface area contributed by atoms with Gasteiger partial charge in [0.15, 0.2) is 0 Å². The van der Waals surface area contributed by atoms with Crippen LogP contribution in [0.1, 0.15) is 22.3 Å². The molecule has 0 fully saturated rings. The van der Waals surface area contributed by atoms with Crippen LogP contribution in [0.4, 0.5) is 17.1 Å². The lowest BCUT2D eigenvalue weighted by molar-refractivity contribution is 0.809. The summed E-state index contributed by atoms with van der Waals surface area (Å²) < 4.78 is 2.63. The van der Waals surface area contributed by atoms with Gasteiger partial charge in [-0.1, -0.05) is 140 Å². The minimum absolute atomic E-state index is 0.441. The predicted molar refractivity (Wildman–Crippen MR) is 225 cm³/mol. The standard InChI is InChI=1S/C51H31NS/c1-2-13-34(14-3-1)52(36-25-29-48-44(31-36)41-18-8-11-21-47(41)53-48)35-24-28-38-33(30-35)23-27-43-42-26-22-32-12-4-5-15-37(32)49(42)51(50(38)43)45-19-9-6-16-39(45)40-17-7-10-20-46(40)51/h1-31H. The summed E-state index contributed by atoms with van der Waals surface area (Å²) >= 11 is 1.86. The van der Waals surface area contributed by atoms with Crippen molar-refractivity contribution in [3.8, 4) is 22.3 Å². The van der Waals surface area contributed by atoms with E-state index in [1.54, 1.807) is 0 Å². The molecule has 0 amide bonds. The lowest BCUT2D eigenvalue weighted by Crippen LogP contribution is -2.26. The van der Waals surface area contributed by atoms with Crippen molar-refractivity contribution >= 4 is 70.1 Å². The van der Waals surface area contributed by atoms with E-state index < -0.39 is 5.41 Å². The van der Waals surface area contributed by atoms with E-state index in [0.29, 0.717) is 0 Å². The highest BCUT2D eigenvalue weighted by molar-refractivity contribution is 7.25. The van der Waals surface area contributed by atoms with Gasteiger partial charge in [0.05, 0.1) is 5.41 Å². The molecule has 0 unspecified atom stereocenters. The Morgan fingerprint density at radius 3 is 1.68 bits per heavy atom. The van der Waals surface area contributed by atoms with Gasteiger partial charge in [-0.25, -0.2) is 0 Å². The Hall–Kier alpha value is -6.48. The number of rotatable bonds is 3. The van der Waals surface area contributed by atoms with Crippen LogP contribution < -0.4 is 4.90 Å². The summed E-state index contributed by atoms with van der Waals surface area (Å²) in [6.07, 6.45) is 0. The molecule has 0 atom stereocenters. The third-order valence-electron chi connectivity index (χ3n) is 11.8. The largest absolute Gasteiger partial charge is 0.310 e. The van der Waals surface area contributed by atoms with Crippen molar-refractivity contribution in [1.29, 1.82) is 0 Å². The Balaban J connectivity index is 1.14. The zero-order chi connectivity index (χ0) is 34.7. The highest BCUT2D eigenvalue weighted by Gasteiger charge is 2.53. The third-order valence-corrected chi connectivity index (χ3v) is 13.0. The highest BCUT2D eigenvalue weighted by atomic mass is 32.1. The minimum atomic E-state index is -0.441. The van der Waals surface area contributed by atoms with Gasteiger partial charge in [0.2, 0.25) is 0 Å². The van der Waals surface area contributed by atoms with E-state index >= 15 is 0 Å². The van der Waals surface area contributed by atoms with Gasteiger partial charge in [-0.2, -0.15) is 0 Å². The molecule has 2 heteroatoms. The fraction of sp³-hybridized carbons (Fsp3) is 0.0196. The predicted octanol–water partition coefficient (Wildman–Crippen LogP) is 14.2. The van der Waals surface area contributed by atoms with Crippen LogP contribution in [0, 0.1) is 0 Å². The first-order valence-corrected chi connectivity index (χ1v) is 19.2. The van der Waals surface area contributed by atoms with Crippen LogP contribution in [0.2, 0.25) is 0 Å². The normalized spacial score (nSPS) is 13.4. The molecule has 0 saturated heterocycles. The Kier molecular flexibility index (Phi) is 5.92. The molecular weight excluding hydrogens is 659 g/mol. The second kappa shape index (κ2) is 10.8. The molecule has 1 aromatic heterocycles. The van der Waals surface area contributed by atoms with Gasteiger partial charge in [-0.05, 0) is 115 Å². The quantitative estimate of drug-likeness (QED) is 0.178. The second-order valence-corrected chi connectivity index (χ2v) is 15.5. The zero-order valence-electron chi connectivity index (χ0n) is 28.8. The summed E-state index contributed by atoms with van der Waals surface area (Å²) in [6, 6.07) is 70.2. The van der Waals surface area contributed by atoms with Crippen LogP contribution in [0.15, 0.2) is 188 Å². The van der Waals surface area contributed by atoms with E-state index in [1.807, 2.05) is 11.3 Å². The SMILES string of the molecule is c1ccc(N(c2ccc3c4c(ccc3c2)-c2ccc3ccccc3c2C42c3ccccc3-c3ccccc32)c2ccc3sc4ccccc4c3c2)cc1. The maximum Gasteiger partial charge on any atom is 0.0737 e. The van der Waals surface area contributed by atoms with Gasteiger partial charge >= 0.3 is 0 Å². The molecule has 0 bridgehead atoms. The van der Waals surface area contributed by atoms with E-state index in [0.717, 1.165) is 17.1 Å². The van der Waals surface area contributed by atoms with E-state index in [1.165, 1.54) is 86.2 Å². The first kappa shape index (κ1) is 29.1. The molecule has 0 saturated carbocycles. The summed E-state index contributed by atoms with van der Waals surface area (Å²) in [5.41, 5.74) is 13.9. The average Bonchev–Trinajstić information content (AvgIpc) is 3.85.